The third-order valence-electron chi connectivity index (χ3n) is 2.82. The third kappa shape index (κ3) is 5.11. The second-order valence-corrected chi connectivity index (χ2v) is 5.01. The van der Waals surface area contributed by atoms with Gasteiger partial charge in [-0.3, -0.25) is 0 Å². The lowest BCUT2D eigenvalue weighted by Gasteiger charge is -2.06. The Kier molecular flexibility index (Phi) is 5.63. The van der Waals surface area contributed by atoms with Crippen molar-refractivity contribution in [3.05, 3.63) is 41.8 Å². The molecule has 114 valence electrons. The molecule has 0 radical (unpaired) electrons. The second-order valence-electron chi connectivity index (χ2n) is 5.01. The Hall–Kier alpha value is -2.01. The van der Waals surface area contributed by atoms with E-state index in [9.17, 15) is 0 Å². The fourth-order valence-electron chi connectivity index (χ4n) is 1.77. The molecule has 0 amide bonds. The number of nitrogens with one attached hydrogen (secondary N) is 1. The van der Waals surface area contributed by atoms with E-state index in [1.54, 1.807) is 0 Å². The zero-order valence-electron chi connectivity index (χ0n) is 12.8. The average Bonchev–Trinajstić information content (AvgIpc) is 2.93. The minimum absolute atomic E-state index is 0.364. The number of hydrogen-bond donors (Lipinski definition) is 1. The van der Waals surface area contributed by atoms with Gasteiger partial charge in [0.05, 0.1) is 12.3 Å². The molecule has 5 heteroatoms. The van der Waals surface area contributed by atoms with Crippen molar-refractivity contribution in [1.82, 2.24) is 10.5 Å². The maximum Gasteiger partial charge on any atom is 0.174 e. The minimum Gasteiger partial charge on any atom is -0.494 e. The van der Waals surface area contributed by atoms with Crippen LogP contribution in [0.5, 0.6) is 11.5 Å². The van der Waals surface area contributed by atoms with E-state index in [-0.39, 0.29) is 0 Å². The molecule has 1 aromatic heterocycles. The van der Waals surface area contributed by atoms with E-state index < -0.39 is 0 Å². The molecule has 0 unspecified atom stereocenters. The highest BCUT2D eigenvalue weighted by Gasteiger charge is 2.06. The standard InChI is InChI=1S/C16H22N2O3/c1-4-19-14-5-7-15(8-6-14)20-11-16-9-13(18-21-16)10-17-12(2)3/h5-9,12,17H,4,10-11H2,1-3H3. The first kappa shape index (κ1) is 15.4. The lowest BCUT2D eigenvalue weighted by Crippen LogP contribution is -2.21. The largest absolute Gasteiger partial charge is 0.494 e. The van der Waals surface area contributed by atoms with E-state index >= 15 is 0 Å². The predicted molar refractivity (Wildman–Crippen MR) is 80.4 cm³/mol. The normalized spacial score (nSPS) is 10.9. The summed E-state index contributed by atoms with van der Waals surface area (Å²) in [6, 6.07) is 9.86. The van der Waals surface area contributed by atoms with Gasteiger partial charge in [0, 0.05) is 18.7 Å². The van der Waals surface area contributed by atoms with Crippen molar-refractivity contribution in [3.8, 4) is 11.5 Å². The first-order valence-electron chi connectivity index (χ1n) is 7.21. The molecule has 0 fully saturated rings. The van der Waals surface area contributed by atoms with Crippen molar-refractivity contribution in [1.29, 1.82) is 0 Å². The monoisotopic (exact) mass is 290 g/mol. The number of nitrogens with zero attached hydrogens (tertiary/aromatic N) is 1. The molecule has 0 bridgehead atoms. The van der Waals surface area contributed by atoms with Crippen LogP contribution in [0, 0.1) is 0 Å². The first-order chi connectivity index (χ1) is 10.2. The molecule has 0 spiro atoms. The molecule has 5 nitrogen and oxygen atoms in total. The average molecular weight is 290 g/mol. The van der Waals surface area contributed by atoms with E-state index in [4.69, 9.17) is 14.0 Å². The predicted octanol–water partition coefficient (Wildman–Crippen LogP) is 3.15. The summed E-state index contributed by atoms with van der Waals surface area (Å²) >= 11 is 0. The van der Waals surface area contributed by atoms with Crippen LogP contribution in [-0.2, 0) is 13.2 Å². The van der Waals surface area contributed by atoms with Gasteiger partial charge in [-0.05, 0) is 31.2 Å². The summed E-state index contributed by atoms with van der Waals surface area (Å²) in [6.07, 6.45) is 0. The van der Waals surface area contributed by atoms with E-state index in [0.717, 1.165) is 17.2 Å². The van der Waals surface area contributed by atoms with Crippen molar-refractivity contribution >= 4 is 0 Å². The Bertz CT molecular complexity index is 535. The first-order valence-corrected chi connectivity index (χ1v) is 7.21. The zero-order valence-corrected chi connectivity index (χ0v) is 12.8. The van der Waals surface area contributed by atoms with Gasteiger partial charge >= 0.3 is 0 Å². The number of benzene rings is 1. The van der Waals surface area contributed by atoms with Gasteiger partial charge in [0.2, 0.25) is 0 Å². The quantitative estimate of drug-likeness (QED) is 0.809. The summed E-state index contributed by atoms with van der Waals surface area (Å²) in [6.45, 7) is 7.87. The van der Waals surface area contributed by atoms with Crippen LogP contribution >= 0.6 is 0 Å². The highest BCUT2D eigenvalue weighted by Crippen LogP contribution is 2.18. The van der Waals surface area contributed by atoms with Gasteiger partial charge in [0.25, 0.3) is 0 Å². The number of aromatic nitrogens is 1. The van der Waals surface area contributed by atoms with Crippen LogP contribution in [0.4, 0.5) is 0 Å². The van der Waals surface area contributed by atoms with Gasteiger partial charge in [-0.2, -0.15) is 0 Å². The van der Waals surface area contributed by atoms with Crippen LogP contribution in [0.1, 0.15) is 32.2 Å². The number of hydrogen-bond acceptors (Lipinski definition) is 5. The van der Waals surface area contributed by atoms with E-state index in [1.165, 1.54) is 0 Å². The Balaban J connectivity index is 1.82. The summed E-state index contributed by atoms with van der Waals surface area (Å²) in [5, 5.41) is 7.29. The molecule has 0 saturated carbocycles. The summed E-state index contributed by atoms with van der Waals surface area (Å²) in [5.41, 5.74) is 0.883. The molecule has 21 heavy (non-hydrogen) atoms. The maximum absolute atomic E-state index is 5.65. The van der Waals surface area contributed by atoms with E-state index in [1.807, 2.05) is 37.3 Å². The van der Waals surface area contributed by atoms with Crippen molar-refractivity contribution < 1.29 is 14.0 Å². The molecule has 2 rings (SSSR count). The van der Waals surface area contributed by atoms with Crippen LogP contribution < -0.4 is 14.8 Å². The summed E-state index contributed by atoms with van der Waals surface area (Å²) in [5.74, 6) is 2.33. The molecule has 0 saturated heterocycles. The van der Waals surface area contributed by atoms with Gasteiger partial charge in [-0.1, -0.05) is 19.0 Å². The van der Waals surface area contributed by atoms with Gasteiger partial charge in [-0.15, -0.1) is 0 Å². The molecule has 0 aliphatic rings. The Labute approximate surface area is 125 Å². The van der Waals surface area contributed by atoms with E-state index in [2.05, 4.69) is 24.3 Å². The molecular formula is C16H22N2O3. The van der Waals surface area contributed by atoms with Crippen LogP contribution in [-0.4, -0.2) is 17.8 Å². The highest BCUT2D eigenvalue weighted by molar-refractivity contribution is 5.31. The molecule has 1 heterocycles. The molecule has 1 aromatic carbocycles. The minimum atomic E-state index is 0.364. The lowest BCUT2D eigenvalue weighted by molar-refractivity contribution is 0.248. The summed E-state index contributed by atoms with van der Waals surface area (Å²) < 4.78 is 16.3. The topological polar surface area (TPSA) is 56.5 Å². The fourth-order valence-corrected chi connectivity index (χ4v) is 1.77. The highest BCUT2D eigenvalue weighted by atomic mass is 16.5. The molecule has 0 aliphatic carbocycles. The molecule has 0 aliphatic heterocycles. The summed E-state index contributed by atoms with van der Waals surface area (Å²) in [4.78, 5) is 0. The number of rotatable bonds is 8. The van der Waals surface area contributed by atoms with Gasteiger partial charge < -0.3 is 19.3 Å². The van der Waals surface area contributed by atoms with Crippen LogP contribution in [0.2, 0.25) is 0 Å². The van der Waals surface area contributed by atoms with Crippen molar-refractivity contribution in [2.24, 2.45) is 0 Å². The maximum atomic E-state index is 5.65. The van der Waals surface area contributed by atoms with Crippen molar-refractivity contribution in [2.45, 2.75) is 40.0 Å². The van der Waals surface area contributed by atoms with E-state index in [0.29, 0.717) is 31.6 Å². The summed E-state index contributed by atoms with van der Waals surface area (Å²) in [7, 11) is 0. The molecular weight excluding hydrogens is 268 g/mol. The van der Waals surface area contributed by atoms with Crippen molar-refractivity contribution in [3.63, 3.8) is 0 Å². The fraction of sp³-hybridized carbons (Fsp3) is 0.438. The van der Waals surface area contributed by atoms with Crippen LogP contribution in [0.15, 0.2) is 34.9 Å². The van der Waals surface area contributed by atoms with Crippen LogP contribution in [0.25, 0.3) is 0 Å². The SMILES string of the molecule is CCOc1ccc(OCc2cc(CNC(C)C)no2)cc1. The lowest BCUT2D eigenvalue weighted by atomic mass is 10.3. The molecule has 2 aromatic rings. The van der Waals surface area contributed by atoms with Gasteiger partial charge in [-0.25, -0.2) is 0 Å². The Morgan fingerprint density at radius 1 is 1.14 bits per heavy atom. The third-order valence-corrected chi connectivity index (χ3v) is 2.82. The second kappa shape index (κ2) is 7.69. The Morgan fingerprint density at radius 3 is 2.43 bits per heavy atom. The van der Waals surface area contributed by atoms with Gasteiger partial charge in [0.15, 0.2) is 5.76 Å². The molecule has 1 N–H and O–H groups in total. The smallest absolute Gasteiger partial charge is 0.174 e. The molecule has 0 atom stereocenters. The zero-order chi connectivity index (χ0) is 15.1. The van der Waals surface area contributed by atoms with Crippen molar-refractivity contribution in [2.75, 3.05) is 6.61 Å². The van der Waals surface area contributed by atoms with Crippen LogP contribution in [0.3, 0.4) is 0 Å². The van der Waals surface area contributed by atoms with Gasteiger partial charge in [0.1, 0.15) is 18.1 Å². The number of ether oxygens (including phenoxy) is 2. The Morgan fingerprint density at radius 2 is 1.81 bits per heavy atom.